The van der Waals surface area contributed by atoms with Crippen LogP contribution in [-0.2, 0) is 9.53 Å². The van der Waals surface area contributed by atoms with Crippen LogP contribution < -0.4 is 10.6 Å². The molecule has 19 heavy (non-hydrogen) atoms. The van der Waals surface area contributed by atoms with Crippen molar-refractivity contribution in [2.24, 2.45) is 5.92 Å². The van der Waals surface area contributed by atoms with Gasteiger partial charge in [0.05, 0.1) is 6.54 Å². The first kappa shape index (κ1) is 14.8. The molecule has 0 aromatic rings. The molecule has 1 aliphatic carbocycles. The first-order chi connectivity index (χ1) is 9.25. The van der Waals surface area contributed by atoms with Crippen LogP contribution in [0.25, 0.3) is 0 Å². The predicted octanol–water partition coefficient (Wildman–Crippen LogP) is 1.84. The average molecular weight is 268 g/mol. The Morgan fingerprint density at radius 1 is 1.16 bits per heavy atom. The fourth-order valence-corrected chi connectivity index (χ4v) is 3.18. The molecule has 4 nitrogen and oxygen atoms in total. The SMILES string of the molecule is C[C@@H](NCC(=O)NC1CCOCC1)C1CCCCC1. The fraction of sp³-hybridized carbons (Fsp3) is 0.933. The molecule has 0 radical (unpaired) electrons. The van der Waals surface area contributed by atoms with Crippen LogP contribution in [0.5, 0.6) is 0 Å². The standard InChI is InChI=1S/C15H28N2O2/c1-12(13-5-3-2-4-6-13)16-11-15(18)17-14-7-9-19-10-8-14/h12-14,16H,2-11H2,1H3,(H,17,18)/t12-/m1/s1. The van der Waals surface area contributed by atoms with Crippen LogP contribution in [0.4, 0.5) is 0 Å². The summed E-state index contributed by atoms with van der Waals surface area (Å²) < 4.78 is 5.29. The van der Waals surface area contributed by atoms with E-state index in [1.54, 1.807) is 0 Å². The Bertz CT molecular complexity index is 271. The van der Waals surface area contributed by atoms with E-state index >= 15 is 0 Å². The first-order valence-electron chi connectivity index (χ1n) is 7.86. The normalized spacial score (nSPS) is 24.1. The van der Waals surface area contributed by atoms with E-state index in [0.29, 0.717) is 18.6 Å². The van der Waals surface area contributed by atoms with Gasteiger partial charge in [-0.05, 0) is 38.5 Å². The summed E-state index contributed by atoms with van der Waals surface area (Å²) in [4.78, 5) is 11.9. The number of rotatable bonds is 5. The molecule has 1 aliphatic heterocycles. The lowest BCUT2D eigenvalue weighted by Crippen LogP contribution is -2.46. The molecule has 110 valence electrons. The highest BCUT2D eigenvalue weighted by molar-refractivity contribution is 5.78. The molecule has 0 aromatic heterocycles. The summed E-state index contributed by atoms with van der Waals surface area (Å²) in [6.45, 7) is 4.22. The molecule has 0 unspecified atom stereocenters. The molecule has 0 aromatic carbocycles. The third-order valence-corrected chi connectivity index (χ3v) is 4.53. The minimum absolute atomic E-state index is 0.134. The summed E-state index contributed by atoms with van der Waals surface area (Å²) in [6, 6.07) is 0.772. The van der Waals surface area contributed by atoms with E-state index in [4.69, 9.17) is 4.74 Å². The molecule has 2 aliphatic rings. The van der Waals surface area contributed by atoms with Gasteiger partial charge >= 0.3 is 0 Å². The number of carbonyl (C=O) groups is 1. The zero-order valence-electron chi connectivity index (χ0n) is 12.1. The summed E-state index contributed by atoms with van der Waals surface area (Å²) >= 11 is 0. The number of carbonyl (C=O) groups excluding carboxylic acids is 1. The van der Waals surface area contributed by atoms with Crippen LogP contribution in [0.3, 0.4) is 0 Å². The second-order valence-electron chi connectivity index (χ2n) is 6.02. The molecule has 4 heteroatoms. The van der Waals surface area contributed by atoms with E-state index in [1.165, 1.54) is 32.1 Å². The lowest BCUT2D eigenvalue weighted by atomic mass is 9.84. The molecule has 1 saturated heterocycles. The monoisotopic (exact) mass is 268 g/mol. The topological polar surface area (TPSA) is 50.4 Å². The van der Waals surface area contributed by atoms with Crippen molar-refractivity contribution in [2.75, 3.05) is 19.8 Å². The first-order valence-corrected chi connectivity index (χ1v) is 7.86. The molecule has 2 N–H and O–H groups in total. The minimum Gasteiger partial charge on any atom is -0.381 e. The quantitative estimate of drug-likeness (QED) is 0.800. The smallest absolute Gasteiger partial charge is 0.234 e. The lowest BCUT2D eigenvalue weighted by Gasteiger charge is -2.29. The second-order valence-corrected chi connectivity index (χ2v) is 6.02. The molecule has 1 saturated carbocycles. The Labute approximate surface area is 116 Å². The van der Waals surface area contributed by atoms with Crippen molar-refractivity contribution in [1.82, 2.24) is 10.6 Å². The lowest BCUT2D eigenvalue weighted by molar-refractivity contribution is -0.121. The number of nitrogens with one attached hydrogen (secondary N) is 2. The highest BCUT2D eigenvalue weighted by Crippen LogP contribution is 2.26. The molecule has 1 amide bonds. The molecular weight excluding hydrogens is 240 g/mol. The van der Waals surface area contributed by atoms with Gasteiger partial charge in [-0.2, -0.15) is 0 Å². The summed E-state index contributed by atoms with van der Waals surface area (Å²) in [5.41, 5.74) is 0. The molecule has 0 spiro atoms. The number of hydrogen-bond acceptors (Lipinski definition) is 3. The van der Waals surface area contributed by atoms with Crippen molar-refractivity contribution < 1.29 is 9.53 Å². The van der Waals surface area contributed by atoms with Crippen molar-refractivity contribution in [2.45, 2.75) is 64.0 Å². The van der Waals surface area contributed by atoms with Gasteiger partial charge < -0.3 is 15.4 Å². The van der Waals surface area contributed by atoms with Crippen molar-refractivity contribution in [3.8, 4) is 0 Å². The zero-order valence-corrected chi connectivity index (χ0v) is 12.1. The Kier molecular flexibility index (Phi) is 6.11. The summed E-state index contributed by atoms with van der Waals surface area (Å²) in [5.74, 6) is 0.888. The van der Waals surface area contributed by atoms with Crippen molar-refractivity contribution >= 4 is 5.91 Å². The van der Waals surface area contributed by atoms with E-state index in [9.17, 15) is 4.79 Å². The van der Waals surface area contributed by atoms with Gasteiger partial charge in [0.15, 0.2) is 0 Å². The number of ether oxygens (including phenoxy) is 1. The van der Waals surface area contributed by atoms with Crippen LogP contribution in [-0.4, -0.2) is 37.7 Å². The van der Waals surface area contributed by atoms with E-state index < -0.39 is 0 Å². The van der Waals surface area contributed by atoms with Gasteiger partial charge in [0.1, 0.15) is 0 Å². The van der Waals surface area contributed by atoms with E-state index in [1.807, 2.05) is 0 Å². The minimum atomic E-state index is 0.134. The van der Waals surface area contributed by atoms with Crippen LogP contribution in [0.1, 0.15) is 51.9 Å². The Morgan fingerprint density at radius 2 is 1.84 bits per heavy atom. The van der Waals surface area contributed by atoms with E-state index in [-0.39, 0.29) is 5.91 Å². The van der Waals surface area contributed by atoms with Gasteiger partial charge in [0, 0.05) is 25.3 Å². The maximum Gasteiger partial charge on any atom is 0.234 e. The molecule has 1 heterocycles. The van der Waals surface area contributed by atoms with Gasteiger partial charge in [-0.3, -0.25) is 4.79 Å². The molecular formula is C15H28N2O2. The highest BCUT2D eigenvalue weighted by Gasteiger charge is 2.21. The van der Waals surface area contributed by atoms with E-state index in [2.05, 4.69) is 17.6 Å². The molecule has 2 fully saturated rings. The van der Waals surface area contributed by atoms with Crippen molar-refractivity contribution in [3.05, 3.63) is 0 Å². The Morgan fingerprint density at radius 3 is 2.53 bits per heavy atom. The maximum absolute atomic E-state index is 11.9. The van der Waals surface area contributed by atoms with Gasteiger partial charge in [-0.15, -0.1) is 0 Å². The number of amides is 1. The third kappa shape index (κ3) is 5.11. The average Bonchev–Trinajstić information content (AvgIpc) is 2.47. The Balaban J connectivity index is 1.61. The summed E-state index contributed by atoms with van der Waals surface area (Å²) in [5, 5.41) is 6.49. The van der Waals surface area contributed by atoms with Gasteiger partial charge in [0.25, 0.3) is 0 Å². The van der Waals surface area contributed by atoms with Gasteiger partial charge in [-0.1, -0.05) is 19.3 Å². The van der Waals surface area contributed by atoms with Gasteiger partial charge in [-0.25, -0.2) is 0 Å². The predicted molar refractivity (Wildman–Crippen MR) is 76.0 cm³/mol. The zero-order chi connectivity index (χ0) is 13.5. The van der Waals surface area contributed by atoms with Crippen LogP contribution in [0.2, 0.25) is 0 Å². The van der Waals surface area contributed by atoms with Crippen LogP contribution >= 0.6 is 0 Å². The fourth-order valence-electron chi connectivity index (χ4n) is 3.18. The van der Waals surface area contributed by atoms with Gasteiger partial charge in [0.2, 0.25) is 5.91 Å². The number of hydrogen-bond donors (Lipinski definition) is 2. The summed E-state index contributed by atoms with van der Waals surface area (Å²) in [7, 11) is 0. The van der Waals surface area contributed by atoms with Crippen LogP contribution in [0, 0.1) is 5.92 Å². The highest BCUT2D eigenvalue weighted by atomic mass is 16.5. The van der Waals surface area contributed by atoms with Crippen LogP contribution in [0.15, 0.2) is 0 Å². The molecule has 0 bridgehead atoms. The van der Waals surface area contributed by atoms with E-state index in [0.717, 1.165) is 32.0 Å². The third-order valence-electron chi connectivity index (χ3n) is 4.53. The molecule has 2 rings (SSSR count). The largest absolute Gasteiger partial charge is 0.381 e. The van der Waals surface area contributed by atoms with Crippen molar-refractivity contribution in [1.29, 1.82) is 0 Å². The summed E-state index contributed by atoms with van der Waals surface area (Å²) in [6.07, 6.45) is 8.61. The molecule has 1 atom stereocenters. The maximum atomic E-state index is 11.9. The van der Waals surface area contributed by atoms with Crippen molar-refractivity contribution in [3.63, 3.8) is 0 Å². The second kappa shape index (κ2) is 7.85. The Hall–Kier alpha value is -0.610.